The summed E-state index contributed by atoms with van der Waals surface area (Å²) in [7, 11) is -2.59. The standard InChI is InChI=1S/C19H23FN2O4S/c1-14-8-4-6-10-17(14)26-13-12-22(3)19(23)15(2)21-27(24,25)18-11-7-5-9-16(18)20/h4-11,15,21H,12-13H2,1-3H3/t15-/m1/s1. The highest BCUT2D eigenvalue weighted by molar-refractivity contribution is 7.89. The Bertz CT molecular complexity index is 902. The average Bonchev–Trinajstić information content (AvgIpc) is 2.62. The summed E-state index contributed by atoms with van der Waals surface area (Å²) in [6.07, 6.45) is 0. The smallest absolute Gasteiger partial charge is 0.244 e. The minimum Gasteiger partial charge on any atom is -0.491 e. The number of nitrogens with one attached hydrogen (secondary N) is 1. The number of ether oxygens (including phenoxy) is 1. The highest BCUT2D eigenvalue weighted by atomic mass is 32.2. The predicted octanol–water partition coefficient (Wildman–Crippen LogP) is 2.34. The highest BCUT2D eigenvalue weighted by Gasteiger charge is 2.26. The molecule has 1 N–H and O–H groups in total. The number of hydrogen-bond donors (Lipinski definition) is 1. The zero-order valence-electron chi connectivity index (χ0n) is 15.5. The van der Waals surface area contributed by atoms with Crippen LogP contribution in [0, 0.1) is 12.7 Å². The Labute approximate surface area is 159 Å². The molecule has 6 nitrogen and oxygen atoms in total. The third kappa shape index (κ3) is 5.51. The van der Waals surface area contributed by atoms with Crippen molar-refractivity contribution in [3.05, 3.63) is 59.9 Å². The maximum Gasteiger partial charge on any atom is 0.244 e. The molecule has 1 amide bonds. The van der Waals surface area contributed by atoms with Gasteiger partial charge in [-0.15, -0.1) is 0 Å². The van der Waals surface area contributed by atoms with Gasteiger partial charge >= 0.3 is 0 Å². The second kappa shape index (κ2) is 8.96. The summed E-state index contributed by atoms with van der Waals surface area (Å²) in [5, 5.41) is 0. The Balaban J connectivity index is 1.92. The van der Waals surface area contributed by atoms with Gasteiger partial charge in [0.05, 0.1) is 12.6 Å². The van der Waals surface area contributed by atoms with Crippen molar-refractivity contribution < 1.29 is 22.3 Å². The number of carbonyl (C=O) groups excluding carboxylic acids is 1. The number of likely N-dealkylation sites (N-methyl/N-ethyl adjacent to an activating group) is 1. The van der Waals surface area contributed by atoms with Crippen molar-refractivity contribution in [2.75, 3.05) is 20.2 Å². The molecule has 0 unspecified atom stereocenters. The van der Waals surface area contributed by atoms with E-state index in [0.717, 1.165) is 23.4 Å². The molecule has 0 saturated carbocycles. The van der Waals surface area contributed by atoms with Gasteiger partial charge in [-0.2, -0.15) is 4.72 Å². The van der Waals surface area contributed by atoms with Gasteiger partial charge in [-0.1, -0.05) is 30.3 Å². The van der Waals surface area contributed by atoms with Gasteiger partial charge in [0.2, 0.25) is 15.9 Å². The predicted molar refractivity (Wildman–Crippen MR) is 100 cm³/mol. The van der Waals surface area contributed by atoms with Crippen molar-refractivity contribution in [3.63, 3.8) is 0 Å². The molecule has 2 aromatic rings. The monoisotopic (exact) mass is 394 g/mol. The van der Waals surface area contributed by atoms with Crippen LogP contribution in [0.2, 0.25) is 0 Å². The quantitative estimate of drug-likeness (QED) is 0.746. The molecule has 146 valence electrons. The average molecular weight is 394 g/mol. The number of benzene rings is 2. The van der Waals surface area contributed by atoms with E-state index in [0.29, 0.717) is 0 Å². The van der Waals surface area contributed by atoms with Crippen LogP contribution in [0.25, 0.3) is 0 Å². The number of amides is 1. The number of nitrogens with zero attached hydrogens (tertiary/aromatic N) is 1. The lowest BCUT2D eigenvalue weighted by Crippen LogP contribution is -2.46. The second-order valence-electron chi connectivity index (χ2n) is 6.15. The molecule has 0 aliphatic heterocycles. The molecular weight excluding hydrogens is 371 g/mol. The molecule has 2 rings (SSSR count). The van der Waals surface area contributed by atoms with Gasteiger partial charge in [0, 0.05) is 7.05 Å². The minimum absolute atomic E-state index is 0.264. The summed E-state index contributed by atoms with van der Waals surface area (Å²) in [5.41, 5.74) is 0.984. The van der Waals surface area contributed by atoms with Crippen LogP contribution in [-0.2, 0) is 14.8 Å². The third-order valence-electron chi connectivity index (χ3n) is 3.98. The van der Waals surface area contributed by atoms with Gasteiger partial charge in [0.25, 0.3) is 0 Å². The van der Waals surface area contributed by atoms with Gasteiger partial charge in [-0.25, -0.2) is 12.8 Å². The van der Waals surface area contributed by atoms with E-state index >= 15 is 0 Å². The van der Waals surface area contributed by atoms with E-state index in [1.54, 1.807) is 7.05 Å². The van der Waals surface area contributed by atoms with Gasteiger partial charge in [-0.05, 0) is 37.6 Å². The maximum atomic E-state index is 13.7. The molecule has 0 spiro atoms. The minimum atomic E-state index is -4.14. The van der Waals surface area contributed by atoms with Crippen LogP contribution in [-0.4, -0.2) is 45.5 Å². The van der Waals surface area contributed by atoms with Crippen LogP contribution < -0.4 is 9.46 Å². The topological polar surface area (TPSA) is 75.7 Å². The summed E-state index contributed by atoms with van der Waals surface area (Å²) in [5.74, 6) is -0.584. The van der Waals surface area contributed by atoms with E-state index in [1.165, 1.54) is 24.0 Å². The van der Waals surface area contributed by atoms with E-state index in [1.807, 2.05) is 31.2 Å². The molecule has 0 aliphatic rings. The van der Waals surface area contributed by atoms with Crippen LogP contribution >= 0.6 is 0 Å². The summed E-state index contributed by atoms with van der Waals surface area (Å²) in [4.78, 5) is 13.3. The van der Waals surface area contributed by atoms with Gasteiger partial charge in [0.1, 0.15) is 23.1 Å². The van der Waals surface area contributed by atoms with E-state index in [-0.39, 0.29) is 13.2 Å². The molecule has 0 bridgehead atoms. The van der Waals surface area contributed by atoms with E-state index in [2.05, 4.69) is 4.72 Å². The van der Waals surface area contributed by atoms with Crippen molar-refractivity contribution in [2.45, 2.75) is 24.8 Å². The van der Waals surface area contributed by atoms with Crippen molar-refractivity contribution in [1.82, 2.24) is 9.62 Å². The fraction of sp³-hybridized carbons (Fsp3) is 0.316. The summed E-state index contributed by atoms with van der Waals surface area (Å²) in [6, 6.07) is 11.5. The van der Waals surface area contributed by atoms with Crippen LogP contribution in [0.5, 0.6) is 5.75 Å². The fourth-order valence-electron chi connectivity index (χ4n) is 2.46. The number of sulfonamides is 1. The molecule has 0 aliphatic carbocycles. The van der Waals surface area contributed by atoms with Crippen LogP contribution in [0.15, 0.2) is 53.4 Å². The number of carbonyl (C=O) groups is 1. The van der Waals surface area contributed by atoms with E-state index in [4.69, 9.17) is 4.74 Å². The zero-order valence-corrected chi connectivity index (χ0v) is 16.3. The van der Waals surface area contributed by atoms with Crippen molar-refractivity contribution in [2.24, 2.45) is 0 Å². The van der Waals surface area contributed by atoms with Crippen LogP contribution in [0.3, 0.4) is 0 Å². The Morgan fingerprint density at radius 1 is 1.19 bits per heavy atom. The number of rotatable bonds is 8. The molecule has 8 heteroatoms. The SMILES string of the molecule is Cc1ccccc1OCCN(C)C(=O)[C@@H](C)NS(=O)(=O)c1ccccc1F. The first-order valence-electron chi connectivity index (χ1n) is 8.42. The molecule has 0 saturated heterocycles. The number of aryl methyl sites for hydroxylation is 1. The lowest BCUT2D eigenvalue weighted by atomic mass is 10.2. The van der Waals surface area contributed by atoms with E-state index < -0.39 is 32.7 Å². The van der Waals surface area contributed by atoms with Crippen LogP contribution in [0.1, 0.15) is 12.5 Å². The summed E-state index contributed by atoms with van der Waals surface area (Å²) < 4.78 is 46.1. The van der Waals surface area contributed by atoms with Gasteiger partial charge in [-0.3, -0.25) is 4.79 Å². The number of hydrogen-bond acceptors (Lipinski definition) is 4. The molecule has 27 heavy (non-hydrogen) atoms. The van der Waals surface area contributed by atoms with Crippen LogP contribution in [0.4, 0.5) is 4.39 Å². The molecule has 2 aromatic carbocycles. The van der Waals surface area contributed by atoms with E-state index in [9.17, 15) is 17.6 Å². The second-order valence-corrected chi connectivity index (χ2v) is 7.83. The first kappa shape index (κ1) is 20.9. The third-order valence-corrected chi connectivity index (χ3v) is 5.56. The van der Waals surface area contributed by atoms with Gasteiger partial charge in [0.15, 0.2) is 0 Å². The number of halogens is 1. The molecule has 1 atom stereocenters. The van der Waals surface area contributed by atoms with Crippen molar-refractivity contribution >= 4 is 15.9 Å². The zero-order chi connectivity index (χ0) is 20.0. The Hall–Kier alpha value is -2.45. The fourth-order valence-corrected chi connectivity index (χ4v) is 3.74. The largest absolute Gasteiger partial charge is 0.491 e. The number of para-hydroxylation sites is 1. The lowest BCUT2D eigenvalue weighted by Gasteiger charge is -2.22. The first-order valence-corrected chi connectivity index (χ1v) is 9.91. The van der Waals surface area contributed by atoms with Crippen molar-refractivity contribution in [1.29, 1.82) is 0 Å². The Kier molecular flexibility index (Phi) is 6.92. The normalized spacial score (nSPS) is 12.4. The molecule has 0 aromatic heterocycles. The maximum absolute atomic E-state index is 13.7. The first-order chi connectivity index (χ1) is 12.7. The summed E-state index contributed by atoms with van der Waals surface area (Å²) in [6.45, 7) is 3.88. The molecular formula is C19H23FN2O4S. The van der Waals surface area contributed by atoms with Gasteiger partial charge < -0.3 is 9.64 Å². The Morgan fingerprint density at radius 3 is 2.48 bits per heavy atom. The molecule has 0 heterocycles. The Morgan fingerprint density at radius 2 is 1.81 bits per heavy atom. The summed E-state index contributed by atoms with van der Waals surface area (Å²) >= 11 is 0. The lowest BCUT2D eigenvalue weighted by molar-refractivity contribution is -0.131. The van der Waals surface area contributed by atoms with Crippen molar-refractivity contribution in [3.8, 4) is 5.75 Å². The molecule has 0 radical (unpaired) electrons. The highest BCUT2D eigenvalue weighted by Crippen LogP contribution is 2.16. The molecule has 0 fully saturated rings.